The summed E-state index contributed by atoms with van der Waals surface area (Å²) in [5, 5.41) is 1.21. The lowest BCUT2D eigenvalue weighted by molar-refractivity contribution is 0.313. The second-order valence-corrected chi connectivity index (χ2v) is 4.81. The first-order valence-electron chi connectivity index (χ1n) is 5.66. The van der Waals surface area contributed by atoms with Gasteiger partial charge in [-0.2, -0.15) is 0 Å². The summed E-state index contributed by atoms with van der Waals surface area (Å²) in [5.74, 6) is 0.686. The first-order valence-corrected chi connectivity index (χ1v) is 5.66. The third kappa shape index (κ3) is 0.825. The minimum atomic E-state index is 0.209. The van der Waals surface area contributed by atoms with Crippen LogP contribution < -0.4 is 0 Å². The average Bonchev–Trinajstić information content (AvgIpc) is 2.73. The predicted molar refractivity (Wildman–Crippen MR) is 62.8 cm³/mol. The molecule has 0 radical (unpaired) electrons. The fourth-order valence-corrected chi connectivity index (χ4v) is 2.97. The number of hydrogen-bond donors (Lipinski definition) is 1. The number of aromatic nitrogens is 2. The van der Waals surface area contributed by atoms with Crippen molar-refractivity contribution in [2.45, 2.75) is 12.0 Å². The number of nitrogens with one attached hydrogen (secondary N) is 1. The molecule has 0 aromatic carbocycles. The van der Waals surface area contributed by atoms with Gasteiger partial charge in [-0.1, -0.05) is 6.08 Å². The Bertz CT molecular complexity index is 565. The lowest BCUT2D eigenvalue weighted by Crippen LogP contribution is -2.25. The molecule has 2 aliphatic rings. The molecule has 3 nitrogen and oxygen atoms in total. The van der Waals surface area contributed by atoms with E-state index in [9.17, 15) is 0 Å². The SMILES string of the molecule is CN1C=CC2CC21c1cc2cccnc2[nH]1. The van der Waals surface area contributed by atoms with Gasteiger partial charge >= 0.3 is 0 Å². The van der Waals surface area contributed by atoms with E-state index in [-0.39, 0.29) is 5.54 Å². The molecular formula is C13H13N3. The Morgan fingerprint density at radius 1 is 1.56 bits per heavy atom. The van der Waals surface area contributed by atoms with Gasteiger partial charge in [-0.05, 0) is 30.8 Å². The fourth-order valence-electron chi connectivity index (χ4n) is 2.97. The van der Waals surface area contributed by atoms with Crippen LogP contribution >= 0.6 is 0 Å². The molecule has 2 aromatic rings. The second-order valence-electron chi connectivity index (χ2n) is 4.81. The molecule has 2 aromatic heterocycles. The third-order valence-corrected chi connectivity index (χ3v) is 4.01. The normalized spacial score (nSPS) is 31.1. The van der Waals surface area contributed by atoms with Crippen molar-refractivity contribution in [2.24, 2.45) is 5.92 Å². The van der Waals surface area contributed by atoms with E-state index < -0.39 is 0 Å². The van der Waals surface area contributed by atoms with Crippen LogP contribution in [-0.2, 0) is 5.54 Å². The van der Waals surface area contributed by atoms with E-state index in [1.807, 2.05) is 12.3 Å². The summed E-state index contributed by atoms with van der Waals surface area (Å²) in [6.45, 7) is 0. The van der Waals surface area contributed by atoms with Crippen LogP contribution in [0.5, 0.6) is 0 Å². The van der Waals surface area contributed by atoms with Crippen LogP contribution in [0.4, 0.5) is 0 Å². The summed E-state index contributed by atoms with van der Waals surface area (Å²) in [6.07, 6.45) is 7.56. The van der Waals surface area contributed by atoms with Gasteiger partial charge in [0, 0.05) is 30.2 Å². The van der Waals surface area contributed by atoms with E-state index in [1.165, 1.54) is 17.5 Å². The summed E-state index contributed by atoms with van der Waals surface area (Å²) in [5.41, 5.74) is 2.51. The maximum Gasteiger partial charge on any atom is 0.137 e. The highest BCUT2D eigenvalue weighted by Crippen LogP contribution is 2.60. The Morgan fingerprint density at radius 3 is 3.19 bits per heavy atom. The van der Waals surface area contributed by atoms with Crippen molar-refractivity contribution >= 4 is 11.0 Å². The van der Waals surface area contributed by atoms with E-state index in [0.717, 1.165) is 5.65 Å². The van der Waals surface area contributed by atoms with Crippen molar-refractivity contribution in [3.8, 4) is 0 Å². The van der Waals surface area contributed by atoms with E-state index >= 15 is 0 Å². The van der Waals surface area contributed by atoms with Crippen LogP contribution in [0.25, 0.3) is 11.0 Å². The Kier molecular flexibility index (Phi) is 1.30. The molecule has 1 aliphatic heterocycles. The van der Waals surface area contributed by atoms with Crippen molar-refractivity contribution in [3.63, 3.8) is 0 Å². The number of rotatable bonds is 1. The number of pyridine rings is 1. The second kappa shape index (κ2) is 2.48. The molecule has 1 saturated carbocycles. The van der Waals surface area contributed by atoms with Gasteiger partial charge in [0.15, 0.2) is 0 Å². The molecule has 16 heavy (non-hydrogen) atoms. The maximum atomic E-state index is 4.35. The minimum absolute atomic E-state index is 0.209. The minimum Gasteiger partial charge on any atom is -0.369 e. The van der Waals surface area contributed by atoms with Crippen molar-refractivity contribution in [3.05, 3.63) is 42.4 Å². The maximum absolute atomic E-state index is 4.35. The molecule has 2 unspecified atom stereocenters. The van der Waals surface area contributed by atoms with Gasteiger partial charge in [0.1, 0.15) is 5.65 Å². The quantitative estimate of drug-likeness (QED) is 0.784. The Labute approximate surface area is 93.8 Å². The number of fused-ring (bicyclic) bond motifs is 2. The van der Waals surface area contributed by atoms with Crippen molar-refractivity contribution in [2.75, 3.05) is 7.05 Å². The van der Waals surface area contributed by atoms with Crippen LogP contribution in [0.2, 0.25) is 0 Å². The zero-order chi connectivity index (χ0) is 10.8. The predicted octanol–water partition coefficient (Wildman–Crippen LogP) is 2.24. The Hall–Kier alpha value is -1.77. The van der Waals surface area contributed by atoms with E-state index in [2.05, 4.69) is 46.3 Å². The highest BCUT2D eigenvalue weighted by molar-refractivity contribution is 5.77. The number of H-pyrrole nitrogens is 1. The molecule has 2 atom stereocenters. The van der Waals surface area contributed by atoms with Gasteiger partial charge in [0.2, 0.25) is 0 Å². The fraction of sp³-hybridized carbons (Fsp3) is 0.308. The first kappa shape index (κ1) is 8.39. The highest BCUT2D eigenvalue weighted by Gasteiger charge is 2.60. The summed E-state index contributed by atoms with van der Waals surface area (Å²) in [7, 11) is 2.16. The number of hydrogen-bond acceptors (Lipinski definition) is 2. The molecule has 4 rings (SSSR count). The smallest absolute Gasteiger partial charge is 0.137 e. The Morgan fingerprint density at radius 2 is 2.50 bits per heavy atom. The third-order valence-electron chi connectivity index (χ3n) is 4.01. The summed E-state index contributed by atoms with van der Waals surface area (Å²) in [6, 6.07) is 6.34. The molecule has 80 valence electrons. The number of aromatic amines is 1. The van der Waals surface area contributed by atoms with Crippen molar-refractivity contribution in [1.29, 1.82) is 0 Å². The van der Waals surface area contributed by atoms with Crippen molar-refractivity contribution < 1.29 is 0 Å². The van der Waals surface area contributed by atoms with Crippen LogP contribution in [0.15, 0.2) is 36.7 Å². The molecular weight excluding hydrogens is 198 g/mol. The number of nitrogens with zero attached hydrogens (tertiary/aromatic N) is 2. The Balaban J connectivity index is 1.89. The molecule has 3 heteroatoms. The van der Waals surface area contributed by atoms with E-state index in [0.29, 0.717) is 5.92 Å². The zero-order valence-electron chi connectivity index (χ0n) is 9.14. The molecule has 3 heterocycles. The van der Waals surface area contributed by atoms with Gasteiger partial charge in [-0.15, -0.1) is 0 Å². The topological polar surface area (TPSA) is 31.9 Å². The molecule has 1 fully saturated rings. The van der Waals surface area contributed by atoms with E-state index in [4.69, 9.17) is 0 Å². The zero-order valence-corrected chi connectivity index (χ0v) is 9.14. The largest absolute Gasteiger partial charge is 0.369 e. The molecule has 0 spiro atoms. The average molecular weight is 211 g/mol. The standard InChI is InChI=1S/C13H13N3/c1-16-6-4-10-8-13(10,16)11-7-9-3-2-5-14-12(9)15-11/h2-7,10H,8H2,1H3,(H,14,15). The van der Waals surface area contributed by atoms with Crippen molar-refractivity contribution in [1.82, 2.24) is 14.9 Å². The lowest BCUT2D eigenvalue weighted by Gasteiger charge is -2.23. The summed E-state index contributed by atoms with van der Waals surface area (Å²) >= 11 is 0. The highest BCUT2D eigenvalue weighted by atomic mass is 15.2. The van der Waals surface area contributed by atoms with Gasteiger partial charge in [0.25, 0.3) is 0 Å². The van der Waals surface area contributed by atoms with Gasteiger partial charge < -0.3 is 9.88 Å². The van der Waals surface area contributed by atoms with Gasteiger partial charge in [-0.25, -0.2) is 4.98 Å². The molecule has 0 saturated heterocycles. The van der Waals surface area contributed by atoms with E-state index in [1.54, 1.807) is 0 Å². The lowest BCUT2D eigenvalue weighted by atomic mass is 10.1. The summed E-state index contributed by atoms with van der Waals surface area (Å²) < 4.78 is 0. The first-order chi connectivity index (χ1) is 7.80. The van der Waals surface area contributed by atoms with Gasteiger partial charge in [0.05, 0.1) is 5.54 Å². The monoisotopic (exact) mass is 211 g/mol. The van der Waals surface area contributed by atoms with Crippen LogP contribution in [0.1, 0.15) is 12.1 Å². The summed E-state index contributed by atoms with van der Waals surface area (Å²) in [4.78, 5) is 10.1. The molecule has 1 aliphatic carbocycles. The van der Waals surface area contributed by atoms with Crippen LogP contribution in [0, 0.1) is 5.92 Å². The van der Waals surface area contributed by atoms with Gasteiger partial charge in [-0.3, -0.25) is 0 Å². The van der Waals surface area contributed by atoms with Crippen LogP contribution in [0.3, 0.4) is 0 Å². The molecule has 0 bridgehead atoms. The molecule has 1 N–H and O–H groups in total. The van der Waals surface area contributed by atoms with Crippen LogP contribution in [-0.4, -0.2) is 21.9 Å². The molecule has 0 amide bonds.